The van der Waals surface area contributed by atoms with Crippen molar-refractivity contribution in [3.63, 3.8) is 0 Å². The first-order valence-corrected chi connectivity index (χ1v) is 4.84. The monoisotopic (exact) mass is 181 g/mol. The molecule has 2 rings (SSSR count). The van der Waals surface area contributed by atoms with Crippen molar-refractivity contribution in [2.45, 2.75) is 19.4 Å². The normalized spacial score (nSPS) is 41.1. The fourth-order valence-electron chi connectivity index (χ4n) is 2.43. The summed E-state index contributed by atoms with van der Waals surface area (Å²) in [7, 11) is 0. The Hall–Kier alpha value is -0.830. The molecule has 0 radical (unpaired) electrons. The van der Waals surface area contributed by atoms with Crippen LogP contribution in [0.2, 0.25) is 0 Å². The molecule has 1 saturated carbocycles. The second kappa shape index (κ2) is 3.14. The Morgan fingerprint density at radius 2 is 2.23 bits per heavy atom. The topological polar surface area (TPSA) is 52.3 Å². The lowest BCUT2D eigenvalue weighted by atomic mass is 9.90. The number of fused-ring (bicyclic) bond motifs is 2. The zero-order valence-electron chi connectivity index (χ0n) is 7.77. The number of esters is 1. The molecule has 0 aromatic carbocycles. The second-order valence-corrected chi connectivity index (χ2v) is 3.80. The molecule has 1 fully saturated rings. The first-order chi connectivity index (χ1) is 6.24. The van der Waals surface area contributed by atoms with Gasteiger partial charge < -0.3 is 10.5 Å². The molecule has 4 atom stereocenters. The summed E-state index contributed by atoms with van der Waals surface area (Å²) in [6, 6.07) is -0.0194. The van der Waals surface area contributed by atoms with Crippen LogP contribution in [0.1, 0.15) is 13.3 Å². The largest absolute Gasteiger partial charge is 0.466 e. The Kier molecular flexibility index (Phi) is 2.12. The molecule has 2 aliphatic rings. The van der Waals surface area contributed by atoms with Gasteiger partial charge >= 0.3 is 5.97 Å². The van der Waals surface area contributed by atoms with Crippen molar-refractivity contribution >= 4 is 5.97 Å². The molecule has 0 spiro atoms. The van der Waals surface area contributed by atoms with Crippen molar-refractivity contribution in [3.8, 4) is 0 Å². The summed E-state index contributed by atoms with van der Waals surface area (Å²) in [6.45, 7) is 2.27. The van der Waals surface area contributed by atoms with Crippen molar-refractivity contribution in [2.24, 2.45) is 23.5 Å². The van der Waals surface area contributed by atoms with Crippen LogP contribution in [0.5, 0.6) is 0 Å². The fraction of sp³-hybridized carbons (Fsp3) is 0.700. The number of allylic oxidation sites excluding steroid dienone is 1. The van der Waals surface area contributed by atoms with E-state index in [9.17, 15) is 4.79 Å². The summed E-state index contributed by atoms with van der Waals surface area (Å²) < 4.78 is 5.00. The predicted molar refractivity (Wildman–Crippen MR) is 48.8 cm³/mol. The Morgan fingerprint density at radius 1 is 1.54 bits per heavy atom. The molecule has 72 valence electrons. The highest BCUT2D eigenvalue weighted by molar-refractivity contribution is 5.75. The molecule has 0 aromatic rings. The van der Waals surface area contributed by atoms with Gasteiger partial charge in [-0.25, -0.2) is 0 Å². The molecule has 13 heavy (non-hydrogen) atoms. The van der Waals surface area contributed by atoms with Crippen molar-refractivity contribution < 1.29 is 9.53 Å². The highest BCUT2D eigenvalue weighted by Gasteiger charge is 2.46. The van der Waals surface area contributed by atoms with Gasteiger partial charge in [0.25, 0.3) is 0 Å². The minimum atomic E-state index is -0.119. The van der Waals surface area contributed by atoms with E-state index in [1.807, 2.05) is 6.92 Å². The Balaban J connectivity index is 2.08. The van der Waals surface area contributed by atoms with Crippen molar-refractivity contribution in [2.75, 3.05) is 6.61 Å². The van der Waals surface area contributed by atoms with Gasteiger partial charge in [-0.05, 0) is 25.2 Å². The van der Waals surface area contributed by atoms with Gasteiger partial charge in [0.1, 0.15) is 0 Å². The number of ether oxygens (including phenoxy) is 1. The van der Waals surface area contributed by atoms with E-state index in [4.69, 9.17) is 10.5 Å². The molecular formula is C10H15NO2. The molecule has 0 aliphatic heterocycles. The maximum atomic E-state index is 11.5. The average Bonchev–Trinajstić information content (AvgIpc) is 2.63. The van der Waals surface area contributed by atoms with Crippen molar-refractivity contribution in [1.82, 2.24) is 0 Å². The van der Waals surface area contributed by atoms with Crippen LogP contribution in [-0.4, -0.2) is 18.6 Å². The number of hydrogen-bond acceptors (Lipinski definition) is 3. The van der Waals surface area contributed by atoms with Crippen molar-refractivity contribution in [3.05, 3.63) is 12.2 Å². The van der Waals surface area contributed by atoms with Crippen LogP contribution in [-0.2, 0) is 9.53 Å². The molecule has 0 amide bonds. The fourth-order valence-corrected chi connectivity index (χ4v) is 2.43. The van der Waals surface area contributed by atoms with E-state index in [0.717, 1.165) is 6.42 Å². The Labute approximate surface area is 77.9 Å². The Bertz CT molecular complexity index is 249. The van der Waals surface area contributed by atoms with E-state index >= 15 is 0 Å². The maximum Gasteiger partial charge on any atom is 0.311 e. The molecule has 0 heterocycles. The predicted octanol–water partition coefficient (Wildman–Crippen LogP) is 0.699. The lowest BCUT2D eigenvalue weighted by molar-refractivity contribution is -0.149. The van der Waals surface area contributed by atoms with E-state index < -0.39 is 0 Å². The van der Waals surface area contributed by atoms with Crippen LogP contribution in [0.3, 0.4) is 0 Å². The first kappa shape index (κ1) is 8.75. The highest BCUT2D eigenvalue weighted by Crippen LogP contribution is 2.43. The number of hydrogen-bond donors (Lipinski definition) is 1. The number of carbonyl (C=O) groups excluding carboxylic acids is 1. The van der Waals surface area contributed by atoms with Gasteiger partial charge in [-0.3, -0.25) is 4.79 Å². The minimum absolute atomic E-state index is 0.0194. The molecule has 2 bridgehead atoms. The zero-order chi connectivity index (χ0) is 9.42. The number of rotatable bonds is 2. The smallest absolute Gasteiger partial charge is 0.311 e. The van der Waals surface area contributed by atoms with E-state index in [0.29, 0.717) is 18.4 Å². The maximum absolute atomic E-state index is 11.5. The third-order valence-corrected chi connectivity index (χ3v) is 3.08. The van der Waals surface area contributed by atoms with Gasteiger partial charge in [0.05, 0.1) is 12.5 Å². The molecule has 3 nitrogen and oxygen atoms in total. The third kappa shape index (κ3) is 1.27. The quantitative estimate of drug-likeness (QED) is 0.504. The average molecular weight is 181 g/mol. The summed E-state index contributed by atoms with van der Waals surface area (Å²) in [5, 5.41) is 0. The molecule has 3 heteroatoms. The number of carbonyl (C=O) groups is 1. The van der Waals surface area contributed by atoms with E-state index in [2.05, 4.69) is 12.2 Å². The third-order valence-electron chi connectivity index (χ3n) is 3.08. The summed E-state index contributed by atoms with van der Waals surface area (Å²) in [4.78, 5) is 11.5. The van der Waals surface area contributed by atoms with Crippen LogP contribution >= 0.6 is 0 Å². The first-order valence-electron chi connectivity index (χ1n) is 4.84. The van der Waals surface area contributed by atoms with E-state index in [-0.39, 0.29) is 17.9 Å². The van der Waals surface area contributed by atoms with Gasteiger partial charge in [0.15, 0.2) is 0 Å². The second-order valence-electron chi connectivity index (χ2n) is 3.80. The van der Waals surface area contributed by atoms with Crippen molar-refractivity contribution in [1.29, 1.82) is 0 Å². The van der Waals surface area contributed by atoms with Gasteiger partial charge in [0.2, 0.25) is 0 Å². The Morgan fingerprint density at radius 3 is 2.77 bits per heavy atom. The van der Waals surface area contributed by atoms with Crippen LogP contribution in [0.15, 0.2) is 12.2 Å². The summed E-state index contributed by atoms with van der Waals surface area (Å²) in [5.41, 5.74) is 5.94. The van der Waals surface area contributed by atoms with Crippen LogP contribution in [0, 0.1) is 17.8 Å². The van der Waals surface area contributed by atoms with Gasteiger partial charge in [-0.15, -0.1) is 0 Å². The zero-order valence-corrected chi connectivity index (χ0v) is 7.77. The number of nitrogens with two attached hydrogens (primary N) is 1. The van der Waals surface area contributed by atoms with E-state index in [1.54, 1.807) is 0 Å². The summed E-state index contributed by atoms with van der Waals surface area (Å²) in [6.07, 6.45) is 5.27. The minimum Gasteiger partial charge on any atom is -0.466 e. The summed E-state index contributed by atoms with van der Waals surface area (Å²) >= 11 is 0. The van der Waals surface area contributed by atoms with Crippen LogP contribution < -0.4 is 5.73 Å². The van der Waals surface area contributed by atoms with Crippen LogP contribution in [0.4, 0.5) is 0 Å². The molecule has 2 N–H and O–H groups in total. The van der Waals surface area contributed by atoms with Gasteiger partial charge in [-0.1, -0.05) is 12.2 Å². The molecule has 2 aliphatic carbocycles. The van der Waals surface area contributed by atoms with Crippen LogP contribution in [0.25, 0.3) is 0 Å². The molecule has 3 unspecified atom stereocenters. The lowest BCUT2D eigenvalue weighted by Crippen LogP contribution is -2.39. The standard InChI is InChI=1S/C10H15NO2/c1-2-13-10(12)8-6-3-4-7(5-6)9(8)11/h3-4,6-9H,2,5,11H2,1H3/t6?,7?,8?,9-/m1/s1. The highest BCUT2D eigenvalue weighted by atomic mass is 16.5. The SMILES string of the molecule is CCOC(=O)C1C2C=CC(C2)[C@H]1N. The summed E-state index contributed by atoms with van der Waals surface area (Å²) in [5.74, 6) is 0.528. The molecular weight excluding hydrogens is 166 g/mol. The van der Waals surface area contributed by atoms with E-state index in [1.165, 1.54) is 0 Å². The lowest BCUT2D eigenvalue weighted by Gasteiger charge is -2.22. The molecule has 0 saturated heterocycles. The molecule has 0 aromatic heterocycles. The van der Waals surface area contributed by atoms with Gasteiger partial charge in [-0.2, -0.15) is 0 Å². The van der Waals surface area contributed by atoms with Gasteiger partial charge in [0, 0.05) is 6.04 Å².